The maximum absolute atomic E-state index is 12.5. The molecule has 2 fully saturated rings. The Labute approximate surface area is 176 Å². The Morgan fingerprint density at radius 2 is 1.63 bits per heavy atom. The fourth-order valence-electron chi connectivity index (χ4n) is 3.41. The van der Waals surface area contributed by atoms with Crippen molar-refractivity contribution < 1.29 is 28.8 Å². The van der Waals surface area contributed by atoms with Crippen LogP contribution in [0.25, 0.3) is 0 Å². The van der Waals surface area contributed by atoms with E-state index in [1.54, 1.807) is 0 Å². The van der Waals surface area contributed by atoms with Crippen LogP contribution in [0.1, 0.15) is 39.5 Å². The van der Waals surface area contributed by atoms with Crippen molar-refractivity contribution >= 4 is 29.6 Å². The summed E-state index contributed by atoms with van der Waals surface area (Å²) in [4.78, 5) is 67.9. The highest BCUT2D eigenvalue weighted by atomic mass is 16.7. The number of rotatable bonds is 10. The second kappa shape index (κ2) is 11.6. The van der Waals surface area contributed by atoms with Gasteiger partial charge in [0.1, 0.15) is 6.04 Å². The monoisotopic (exact) mass is 425 g/mol. The molecule has 2 aliphatic heterocycles. The van der Waals surface area contributed by atoms with Crippen molar-refractivity contribution in [3.8, 4) is 0 Å². The molecule has 0 aromatic rings. The maximum Gasteiger partial charge on any atom is 0.334 e. The van der Waals surface area contributed by atoms with Gasteiger partial charge in [0.25, 0.3) is 11.8 Å². The van der Waals surface area contributed by atoms with Crippen LogP contribution in [0.15, 0.2) is 0 Å². The number of carbonyl (C=O) groups excluding carboxylic acids is 5. The van der Waals surface area contributed by atoms with Gasteiger partial charge in [-0.1, -0.05) is 13.8 Å². The van der Waals surface area contributed by atoms with Gasteiger partial charge < -0.3 is 20.4 Å². The third-order valence-corrected chi connectivity index (χ3v) is 5.23. The lowest BCUT2D eigenvalue weighted by molar-refractivity contribution is -0.197. The van der Waals surface area contributed by atoms with E-state index < -0.39 is 17.8 Å². The van der Waals surface area contributed by atoms with Crippen LogP contribution in [-0.4, -0.2) is 96.3 Å². The summed E-state index contributed by atoms with van der Waals surface area (Å²) in [6.07, 6.45) is -0.0282. The van der Waals surface area contributed by atoms with Gasteiger partial charge in [0.05, 0.1) is 6.42 Å². The Bertz CT molecular complexity index is 654. The van der Waals surface area contributed by atoms with Crippen LogP contribution in [0, 0.1) is 0 Å². The van der Waals surface area contributed by atoms with Gasteiger partial charge in [-0.2, -0.15) is 0 Å². The highest BCUT2D eigenvalue weighted by Gasteiger charge is 2.33. The van der Waals surface area contributed by atoms with E-state index >= 15 is 0 Å². The van der Waals surface area contributed by atoms with Crippen LogP contribution in [0.5, 0.6) is 0 Å². The summed E-state index contributed by atoms with van der Waals surface area (Å²) in [7, 11) is 0. The van der Waals surface area contributed by atoms with Gasteiger partial charge in [-0.15, -0.1) is 5.06 Å². The fourth-order valence-corrected chi connectivity index (χ4v) is 3.41. The summed E-state index contributed by atoms with van der Waals surface area (Å²) >= 11 is 0. The van der Waals surface area contributed by atoms with Gasteiger partial charge in [0.15, 0.2) is 0 Å². The Kier molecular flexibility index (Phi) is 9.18. The molecule has 1 atom stereocenters. The molecular formula is C19H31N5O6. The number of nitrogens with one attached hydrogen (secondary N) is 2. The number of piperazine rings is 1. The first-order valence-electron chi connectivity index (χ1n) is 10.4. The summed E-state index contributed by atoms with van der Waals surface area (Å²) in [6, 6.07) is -0.225. The van der Waals surface area contributed by atoms with Gasteiger partial charge in [-0.05, 0) is 13.1 Å². The SMILES string of the molecule is CCN1CCN(CC)C(C(=O)NCCC(=O)NCCC(=O)ON2C(=O)CCC2=O)C1. The quantitative estimate of drug-likeness (QED) is 0.411. The molecule has 11 nitrogen and oxygen atoms in total. The average Bonchev–Trinajstić information content (AvgIpc) is 3.05. The van der Waals surface area contributed by atoms with Gasteiger partial charge in [0, 0.05) is 52.0 Å². The lowest BCUT2D eigenvalue weighted by Crippen LogP contribution is -2.58. The molecule has 0 aromatic carbocycles. The standard InChI is InChI=1S/C19H31N5O6/c1-3-22-11-12-23(4-2)14(13-22)19(29)21-9-7-15(25)20-10-8-18(28)30-24-16(26)5-6-17(24)27/h14H,3-13H2,1-2H3,(H,20,25)(H,21,29). The van der Waals surface area contributed by atoms with Crippen molar-refractivity contribution in [2.45, 2.75) is 45.6 Å². The van der Waals surface area contributed by atoms with Crippen molar-refractivity contribution in [2.24, 2.45) is 0 Å². The van der Waals surface area contributed by atoms with Crippen LogP contribution in [0.3, 0.4) is 0 Å². The Hall–Kier alpha value is -2.53. The molecule has 2 rings (SSSR count). The zero-order chi connectivity index (χ0) is 22.1. The first-order chi connectivity index (χ1) is 14.3. The number of likely N-dealkylation sites (N-methyl/N-ethyl adjacent to an activating group) is 2. The molecule has 0 saturated carbocycles. The number of amides is 4. The van der Waals surface area contributed by atoms with Crippen LogP contribution in [0.2, 0.25) is 0 Å². The van der Waals surface area contributed by atoms with Crippen molar-refractivity contribution in [3.05, 3.63) is 0 Å². The summed E-state index contributed by atoms with van der Waals surface area (Å²) in [5, 5.41) is 5.84. The molecule has 0 radical (unpaired) electrons. The molecule has 168 valence electrons. The Balaban J connectivity index is 1.62. The smallest absolute Gasteiger partial charge is 0.334 e. The molecular weight excluding hydrogens is 394 g/mol. The van der Waals surface area contributed by atoms with Crippen LogP contribution >= 0.6 is 0 Å². The van der Waals surface area contributed by atoms with Gasteiger partial charge in [-0.3, -0.25) is 24.1 Å². The minimum absolute atomic E-state index is 0.0134. The van der Waals surface area contributed by atoms with Crippen LogP contribution in [0.4, 0.5) is 0 Å². The molecule has 0 bridgehead atoms. The summed E-state index contributed by atoms with van der Waals surface area (Å²) in [5.74, 6) is -2.27. The van der Waals surface area contributed by atoms with E-state index in [4.69, 9.17) is 4.84 Å². The molecule has 2 saturated heterocycles. The fraction of sp³-hybridized carbons (Fsp3) is 0.737. The molecule has 11 heteroatoms. The van der Waals surface area contributed by atoms with Gasteiger partial charge in [-0.25, -0.2) is 4.79 Å². The topological polar surface area (TPSA) is 128 Å². The molecule has 30 heavy (non-hydrogen) atoms. The van der Waals surface area contributed by atoms with E-state index in [2.05, 4.69) is 27.4 Å². The summed E-state index contributed by atoms with van der Waals surface area (Å²) in [5.41, 5.74) is 0. The largest absolute Gasteiger partial charge is 0.355 e. The predicted octanol–water partition coefficient (Wildman–Crippen LogP) is -1.37. The Morgan fingerprint density at radius 3 is 2.27 bits per heavy atom. The van der Waals surface area contributed by atoms with Crippen molar-refractivity contribution in [1.29, 1.82) is 0 Å². The lowest BCUT2D eigenvalue weighted by Gasteiger charge is -2.39. The first-order valence-corrected chi connectivity index (χ1v) is 10.4. The zero-order valence-corrected chi connectivity index (χ0v) is 17.6. The van der Waals surface area contributed by atoms with E-state index in [1.807, 2.05) is 6.92 Å². The van der Waals surface area contributed by atoms with E-state index in [9.17, 15) is 24.0 Å². The van der Waals surface area contributed by atoms with Crippen LogP contribution < -0.4 is 10.6 Å². The Morgan fingerprint density at radius 1 is 0.967 bits per heavy atom. The van der Waals surface area contributed by atoms with Crippen molar-refractivity contribution in [3.63, 3.8) is 0 Å². The van der Waals surface area contributed by atoms with Crippen molar-refractivity contribution in [2.75, 3.05) is 45.8 Å². The van der Waals surface area contributed by atoms with Gasteiger partial charge in [0.2, 0.25) is 11.8 Å². The third kappa shape index (κ3) is 6.77. The number of hydrogen-bond acceptors (Lipinski definition) is 8. The number of imide groups is 1. The molecule has 4 amide bonds. The van der Waals surface area contributed by atoms with E-state index in [0.29, 0.717) is 11.6 Å². The molecule has 1 unspecified atom stereocenters. The van der Waals surface area contributed by atoms with E-state index in [1.165, 1.54) is 0 Å². The first kappa shape index (κ1) is 23.7. The summed E-state index contributed by atoms with van der Waals surface area (Å²) in [6.45, 7) is 8.45. The van der Waals surface area contributed by atoms with Crippen molar-refractivity contribution in [1.82, 2.24) is 25.5 Å². The minimum atomic E-state index is -0.773. The highest BCUT2D eigenvalue weighted by molar-refractivity contribution is 6.01. The van der Waals surface area contributed by atoms with Crippen LogP contribution in [-0.2, 0) is 28.8 Å². The number of hydrogen-bond donors (Lipinski definition) is 2. The molecule has 2 heterocycles. The van der Waals surface area contributed by atoms with E-state index in [-0.39, 0.29) is 56.6 Å². The lowest BCUT2D eigenvalue weighted by atomic mass is 10.1. The summed E-state index contributed by atoms with van der Waals surface area (Å²) < 4.78 is 0. The highest BCUT2D eigenvalue weighted by Crippen LogP contribution is 2.12. The minimum Gasteiger partial charge on any atom is -0.355 e. The van der Waals surface area contributed by atoms with E-state index in [0.717, 1.165) is 26.2 Å². The number of carbonyl (C=O) groups is 5. The molecule has 2 aliphatic rings. The number of hydroxylamine groups is 2. The second-order valence-electron chi connectivity index (χ2n) is 7.22. The zero-order valence-electron chi connectivity index (χ0n) is 17.6. The molecule has 0 aliphatic carbocycles. The molecule has 0 aromatic heterocycles. The van der Waals surface area contributed by atoms with Gasteiger partial charge >= 0.3 is 5.97 Å². The predicted molar refractivity (Wildman–Crippen MR) is 106 cm³/mol. The maximum atomic E-state index is 12.5. The second-order valence-corrected chi connectivity index (χ2v) is 7.22. The molecule has 2 N–H and O–H groups in total. The normalized spacial score (nSPS) is 20.3. The molecule has 0 spiro atoms. The number of nitrogens with zero attached hydrogens (tertiary/aromatic N) is 3. The third-order valence-electron chi connectivity index (χ3n) is 5.23. The average molecular weight is 425 g/mol.